The van der Waals surface area contributed by atoms with Gasteiger partial charge in [-0.2, -0.15) is 5.26 Å². The highest BCUT2D eigenvalue weighted by molar-refractivity contribution is 5.15. The van der Waals surface area contributed by atoms with Gasteiger partial charge >= 0.3 is 0 Å². The predicted molar refractivity (Wildman–Crippen MR) is 72.4 cm³/mol. The third-order valence-corrected chi connectivity index (χ3v) is 2.29. The van der Waals surface area contributed by atoms with Crippen molar-refractivity contribution >= 4 is 0 Å². The van der Waals surface area contributed by atoms with Crippen LogP contribution in [0.4, 0.5) is 0 Å². The van der Waals surface area contributed by atoms with Gasteiger partial charge in [-0.3, -0.25) is 4.90 Å². The lowest BCUT2D eigenvalue weighted by molar-refractivity contribution is 0.318. The number of nitrogens with zero attached hydrogens (tertiary/aromatic N) is 2. The second-order valence-electron chi connectivity index (χ2n) is 3.89. The first-order valence-electron chi connectivity index (χ1n) is 6.40. The molecule has 2 heteroatoms. The first-order chi connectivity index (χ1) is 7.65. The van der Waals surface area contributed by atoms with Gasteiger partial charge in [-0.05, 0) is 20.3 Å². The van der Waals surface area contributed by atoms with Crippen molar-refractivity contribution in [2.45, 2.75) is 54.4 Å². The van der Waals surface area contributed by atoms with Gasteiger partial charge in [-0.1, -0.05) is 45.3 Å². The first kappa shape index (κ1) is 17.6. The summed E-state index contributed by atoms with van der Waals surface area (Å²) in [5, 5.41) is 8.46. The summed E-state index contributed by atoms with van der Waals surface area (Å²) in [6.07, 6.45) is 2.38. The van der Waals surface area contributed by atoms with Gasteiger partial charge in [0, 0.05) is 13.1 Å². The molecule has 1 rings (SSSR count). The van der Waals surface area contributed by atoms with Crippen LogP contribution in [0.2, 0.25) is 0 Å². The molecule has 0 spiro atoms. The topological polar surface area (TPSA) is 27.0 Å². The van der Waals surface area contributed by atoms with Gasteiger partial charge in [0.15, 0.2) is 0 Å². The van der Waals surface area contributed by atoms with Crippen LogP contribution < -0.4 is 0 Å². The predicted octanol–water partition coefficient (Wildman–Crippen LogP) is 3.99. The standard InChI is InChI=1S/C9H14N2.C3H8.C2H6/c1-8-3-5-11(6-4-10)7-9(8)2;1-3-2;1-2/h3,5-7H2,1-2H3;3H2,1-2H3;1-2H3. The van der Waals surface area contributed by atoms with E-state index >= 15 is 0 Å². The SMILES string of the molecule is CC.CC1=C(C)CN(CC#N)CC1.CCC. The summed E-state index contributed by atoms with van der Waals surface area (Å²) >= 11 is 0. The summed E-state index contributed by atoms with van der Waals surface area (Å²) in [4.78, 5) is 2.18. The van der Waals surface area contributed by atoms with Crippen LogP contribution in [0.25, 0.3) is 0 Å². The number of hydrogen-bond acceptors (Lipinski definition) is 2. The summed E-state index contributed by atoms with van der Waals surface area (Å²) in [7, 11) is 0. The molecule has 94 valence electrons. The molecule has 0 aromatic carbocycles. The monoisotopic (exact) mass is 224 g/mol. The highest BCUT2D eigenvalue weighted by atomic mass is 15.1. The fraction of sp³-hybridized carbons (Fsp3) is 0.786. The molecule has 1 heterocycles. The Kier molecular flexibility index (Phi) is 13.5. The first-order valence-corrected chi connectivity index (χ1v) is 6.40. The maximum absolute atomic E-state index is 8.46. The summed E-state index contributed by atoms with van der Waals surface area (Å²) < 4.78 is 0. The molecule has 0 radical (unpaired) electrons. The van der Waals surface area contributed by atoms with E-state index in [-0.39, 0.29) is 0 Å². The van der Waals surface area contributed by atoms with Crippen LogP contribution in [0.5, 0.6) is 0 Å². The summed E-state index contributed by atoms with van der Waals surface area (Å²) in [6.45, 7) is 15.2. The zero-order valence-corrected chi connectivity index (χ0v) is 11.9. The molecule has 0 aromatic heterocycles. The van der Waals surface area contributed by atoms with Crippen LogP contribution in [-0.4, -0.2) is 24.5 Å². The van der Waals surface area contributed by atoms with Gasteiger partial charge in [0.25, 0.3) is 0 Å². The smallest absolute Gasteiger partial charge is 0.0868 e. The Balaban J connectivity index is 0. The molecule has 0 aromatic rings. The molecular weight excluding hydrogens is 196 g/mol. The molecule has 0 saturated heterocycles. The zero-order valence-electron chi connectivity index (χ0n) is 11.9. The third kappa shape index (κ3) is 8.49. The van der Waals surface area contributed by atoms with Crippen molar-refractivity contribution in [2.24, 2.45) is 0 Å². The van der Waals surface area contributed by atoms with Gasteiger partial charge in [0.2, 0.25) is 0 Å². The fourth-order valence-corrected chi connectivity index (χ4v) is 1.32. The van der Waals surface area contributed by atoms with E-state index in [4.69, 9.17) is 5.26 Å². The maximum atomic E-state index is 8.46. The van der Waals surface area contributed by atoms with Gasteiger partial charge in [-0.15, -0.1) is 0 Å². The van der Waals surface area contributed by atoms with E-state index in [1.165, 1.54) is 17.6 Å². The van der Waals surface area contributed by atoms with E-state index in [2.05, 4.69) is 38.7 Å². The van der Waals surface area contributed by atoms with Crippen LogP contribution in [0.15, 0.2) is 11.1 Å². The van der Waals surface area contributed by atoms with Gasteiger partial charge in [0.05, 0.1) is 12.6 Å². The molecule has 0 unspecified atom stereocenters. The Morgan fingerprint density at radius 1 is 1.19 bits per heavy atom. The van der Waals surface area contributed by atoms with E-state index in [1.807, 2.05) is 13.8 Å². The highest BCUT2D eigenvalue weighted by Gasteiger charge is 2.12. The van der Waals surface area contributed by atoms with Crippen molar-refractivity contribution in [3.05, 3.63) is 11.1 Å². The lowest BCUT2D eigenvalue weighted by Gasteiger charge is -2.25. The van der Waals surface area contributed by atoms with Gasteiger partial charge in [0.1, 0.15) is 0 Å². The largest absolute Gasteiger partial charge is 0.286 e. The van der Waals surface area contributed by atoms with Gasteiger partial charge < -0.3 is 0 Å². The Bertz CT molecular complexity index is 223. The molecule has 0 bridgehead atoms. The fourth-order valence-electron chi connectivity index (χ4n) is 1.32. The van der Waals surface area contributed by atoms with Crippen LogP contribution in [-0.2, 0) is 0 Å². The Labute approximate surface area is 102 Å². The Hall–Kier alpha value is -0.810. The van der Waals surface area contributed by atoms with Crippen LogP contribution in [0.3, 0.4) is 0 Å². The minimum atomic E-state index is 0.574. The van der Waals surface area contributed by atoms with Crippen molar-refractivity contribution in [3.8, 4) is 6.07 Å². The van der Waals surface area contributed by atoms with Crippen molar-refractivity contribution in [3.63, 3.8) is 0 Å². The molecule has 0 atom stereocenters. The Morgan fingerprint density at radius 2 is 1.69 bits per heavy atom. The van der Waals surface area contributed by atoms with Crippen molar-refractivity contribution < 1.29 is 0 Å². The average Bonchev–Trinajstić information content (AvgIpc) is 2.28. The normalized spacial score (nSPS) is 15.3. The third-order valence-electron chi connectivity index (χ3n) is 2.29. The summed E-state index contributed by atoms with van der Waals surface area (Å²) in [5.74, 6) is 0. The molecule has 16 heavy (non-hydrogen) atoms. The number of hydrogen-bond donors (Lipinski definition) is 0. The molecule has 0 saturated carbocycles. The summed E-state index contributed by atoms with van der Waals surface area (Å²) in [6, 6.07) is 2.18. The number of nitriles is 1. The number of rotatable bonds is 1. The quantitative estimate of drug-likeness (QED) is 0.497. The molecule has 0 amide bonds. The molecule has 2 nitrogen and oxygen atoms in total. The molecule has 0 aliphatic carbocycles. The van der Waals surface area contributed by atoms with Crippen molar-refractivity contribution in [1.29, 1.82) is 5.26 Å². The minimum absolute atomic E-state index is 0.574. The zero-order chi connectivity index (χ0) is 13.0. The Morgan fingerprint density at radius 3 is 2.06 bits per heavy atom. The molecule has 0 N–H and O–H groups in total. The maximum Gasteiger partial charge on any atom is 0.0868 e. The molecule has 1 aliphatic heterocycles. The van der Waals surface area contributed by atoms with Crippen LogP contribution in [0, 0.1) is 11.3 Å². The summed E-state index contributed by atoms with van der Waals surface area (Å²) in [5.41, 5.74) is 2.94. The lowest BCUT2D eigenvalue weighted by atomic mass is 10.0. The molecule has 1 aliphatic rings. The second-order valence-corrected chi connectivity index (χ2v) is 3.89. The van der Waals surface area contributed by atoms with Crippen molar-refractivity contribution in [2.75, 3.05) is 19.6 Å². The molecule has 0 fully saturated rings. The van der Waals surface area contributed by atoms with E-state index < -0.39 is 0 Å². The van der Waals surface area contributed by atoms with Gasteiger partial charge in [-0.25, -0.2) is 0 Å². The minimum Gasteiger partial charge on any atom is -0.286 e. The van der Waals surface area contributed by atoms with Crippen LogP contribution in [0.1, 0.15) is 54.4 Å². The highest BCUT2D eigenvalue weighted by Crippen LogP contribution is 2.15. The lowest BCUT2D eigenvalue weighted by Crippen LogP contribution is -2.30. The second kappa shape index (κ2) is 12.3. The van der Waals surface area contributed by atoms with E-state index in [1.54, 1.807) is 0 Å². The average molecular weight is 224 g/mol. The van der Waals surface area contributed by atoms with Crippen molar-refractivity contribution in [1.82, 2.24) is 4.90 Å². The van der Waals surface area contributed by atoms with Crippen LogP contribution >= 0.6 is 0 Å². The van der Waals surface area contributed by atoms with E-state index in [0.29, 0.717) is 6.54 Å². The van der Waals surface area contributed by atoms with E-state index in [9.17, 15) is 0 Å². The van der Waals surface area contributed by atoms with E-state index in [0.717, 1.165) is 19.5 Å². The molecular formula is C14H28N2.